The highest BCUT2D eigenvalue weighted by Crippen LogP contribution is 2.24. The van der Waals surface area contributed by atoms with Gasteiger partial charge in [0.1, 0.15) is 0 Å². The zero-order chi connectivity index (χ0) is 20.6. The van der Waals surface area contributed by atoms with Gasteiger partial charge in [0.2, 0.25) is 5.91 Å². The van der Waals surface area contributed by atoms with Gasteiger partial charge in [-0.3, -0.25) is 9.59 Å². The second kappa shape index (κ2) is 7.69. The largest absolute Gasteiger partial charge is 0.481 e. The second-order valence-electron chi connectivity index (χ2n) is 7.86. The number of carboxylic acid groups (broad SMARTS) is 1. The van der Waals surface area contributed by atoms with Crippen molar-refractivity contribution in [1.29, 1.82) is 0 Å². The number of hydrogen-bond donors (Lipinski definition) is 1. The molecule has 1 saturated heterocycles. The molecule has 1 amide bonds. The predicted molar refractivity (Wildman–Crippen MR) is 103 cm³/mol. The van der Waals surface area contributed by atoms with Crippen LogP contribution in [-0.4, -0.2) is 54.7 Å². The Hall–Kier alpha value is -2.77. The molecule has 0 aliphatic carbocycles. The van der Waals surface area contributed by atoms with Crippen LogP contribution in [0, 0.1) is 39.5 Å². The van der Waals surface area contributed by atoms with E-state index in [0.29, 0.717) is 18.9 Å². The molecule has 3 rings (SSSR count). The molecule has 1 aliphatic heterocycles. The van der Waals surface area contributed by atoms with Crippen molar-refractivity contribution in [1.82, 2.24) is 24.6 Å². The number of aryl methyl sites for hydroxylation is 3. The Labute approximate surface area is 164 Å². The molecule has 2 atom stereocenters. The van der Waals surface area contributed by atoms with Gasteiger partial charge in [-0.05, 0) is 46.1 Å². The fourth-order valence-corrected chi connectivity index (χ4v) is 3.92. The number of aromatic nitrogens is 4. The summed E-state index contributed by atoms with van der Waals surface area (Å²) in [6, 6.07) is 1.90. The normalized spacial score (nSPS) is 19.7. The second-order valence-corrected chi connectivity index (χ2v) is 7.86. The molecule has 1 N–H and O–H groups in total. The number of nitrogens with zero attached hydrogens (tertiary/aromatic N) is 5. The minimum absolute atomic E-state index is 0.0649. The predicted octanol–water partition coefficient (Wildman–Crippen LogP) is 2.01. The van der Waals surface area contributed by atoms with E-state index >= 15 is 0 Å². The number of carboxylic acids is 1. The molecular formula is C20H27N5O3. The molecule has 2 aromatic heterocycles. The van der Waals surface area contributed by atoms with E-state index in [1.54, 1.807) is 9.58 Å². The highest BCUT2D eigenvalue weighted by molar-refractivity contribution is 5.80. The average molecular weight is 385 g/mol. The van der Waals surface area contributed by atoms with Gasteiger partial charge in [0.25, 0.3) is 5.95 Å². The number of likely N-dealkylation sites (tertiary alicyclic amines) is 1. The van der Waals surface area contributed by atoms with Crippen molar-refractivity contribution in [2.75, 3.05) is 13.1 Å². The smallest absolute Gasteiger partial charge is 0.308 e. The summed E-state index contributed by atoms with van der Waals surface area (Å²) in [5, 5.41) is 13.9. The zero-order valence-electron chi connectivity index (χ0n) is 17.1. The highest BCUT2D eigenvalue weighted by atomic mass is 16.4. The molecule has 1 aliphatic rings. The van der Waals surface area contributed by atoms with Crippen LogP contribution in [-0.2, 0) is 16.0 Å². The quantitative estimate of drug-likeness (QED) is 0.864. The van der Waals surface area contributed by atoms with Gasteiger partial charge < -0.3 is 10.0 Å². The van der Waals surface area contributed by atoms with E-state index in [1.807, 2.05) is 40.7 Å². The van der Waals surface area contributed by atoms with Crippen LogP contribution in [0.3, 0.4) is 0 Å². The first-order valence-corrected chi connectivity index (χ1v) is 9.54. The third-order valence-electron chi connectivity index (χ3n) is 5.29. The summed E-state index contributed by atoms with van der Waals surface area (Å²) in [5.41, 5.74) is 4.14. The van der Waals surface area contributed by atoms with E-state index in [0.717, 1.165) is 28.3 Å². The first-order chi connectivity index (χ1) is 13.2. The van der Waals surface area contributed by atoms with Crippen molar-refractivity contribution in [3.8, 4) is 5.95 Å². The Kier molecular flexibility index (Phi) is 5.49. The zero-order valence-corrected chi connectivity index (χ0v) is 17.1. The van der Waals surface area contributed by atoms with Gasteiger partial charge in [-0.1, -0.05) is 6.92 Å². The number of carbonyl (C=O) groups is 2. The molecule has 0 spiro atoms. The molecule has 0 bridgehead atoms. The van der Waals surface area contributed by atoms with Crippen molar-refractivity contribution < 1.29 is 14.7 Å². The molecule has 28 heavy (non-hydrogen) atoms. The number of rotatable bonds is 4. The van der Waals surface area contributed by atoms with Gasteiger partial charge in [0, 0.05) is 35.7 Å². The summed E-state index contributed by atoms with van der Waals surface area (Å²) >= 11 is 0. The first-order valence-electron chi connectivity index (χ1n) is 9.54. The summed E-state index contributed by atoms with van der Waals surface area (Å²) < 4.78 is 1.68. The molecular weight excluding hydrogens is 358 g/mol. The number of carbonyl (C=O) groups excluding carboxylic acids is 1. The van der Waals surface area contributed by atoms with Crippen molar-refractivity contribution in [2.45, 2.75) is 47.5 Å². The Bertz CT molecular complexity index is 901. The van der Waals surface area contributed by atoms with Gasteiger partial charge >= 0.3 is 5.97 Å². The molecule has 0 aromatic carbocycles. The fourth-order valence-electron chi connectivity index (χ4n) is 3.92. The van der Waals surface area contributed by atoms with E-state index in [2.05, 4.69) is 15.1 Å². The van der Waals surface area contributed by atoms with Crippen LogP contribution in [0.1, 0.15) is 41.7 Å². The molecule has 0 saturated carbocycles. The van der Waals surface area contributed by atoms with Crippen molar-refractivity contribution >= 4 is 11.9 Å². The Morgan fingerprint density at radius 2 is 1.79 bits per heavy atom. The molecule has 1 fully saturated rings. The van der Waals surface area contributed by atoms with Crippen LogP contribution >= 0.6 is 0 Å². The third-order valence-corrected chi connectivity index (χ3v) is 5.29. The summed E-state index contributed by atoms with van der Waals surface area (Å²) in [6.07, 6.45) is 0.806. The maximum Gasteiger partial charge on any atom is 0.308 e. The van der Waals surface area contributed by atoms with Crippen LogP contribution in [0.25, 0.3) is 5.95 Å². The maximum absolute atomic E-state index is 12.9. The molecule has 150 valence electrons. The number of piperidine rings is 1. The third kappa shape index (κ3) is 4.05. The van der Waals surface area contributed by atoms with Gasteiger partial charge in [0.05, 0.1) is 18.0 Å². The van der Waals surface area contributed by atoms with E-state index in [1.165, 1.54) is 0 Å². The topological polar surface area (TPSA) is 101 Å². The average Bonchev–Trinajstić information content (AvgIpc) is 2.88. The molecule has 2 aromatic rings. The van der Waals surface area contributed by atoms with Gasteiger partial charge in [-0.2, -0.15) is 5.10 Å². The van der Waals surface area contributed by atoms with Crippen LogP contribution in [0.5, 0.6) is 0 Å². The fraction of sp³-hybridized carbons (Fsp3) is 0.550. The van der Waals surface area contributed by atoms with Gasteiger partial charge in [-0.15, -0.1) is 0 Å². The van der Waals surface area contributed by atoms with E-state index in [4.69, 9.17) is 0 Å². The lowest BCUT2D eigenvalue weighted by Crippen LogP contribution is -2.46. The summed E-state index contributed by atoms with van der Waals surface area (Å²) in [5.74, 6) is -0.732. The minimum Gasteiger partial charge on any atom is -0.481 e. The lowest BCUT2D eigenvalue weighted by Gasteiger charge is -2.34. The maximum atomic E-state index is 12.9. The van der Waals surface area contributed by atoms with Crippen LogP contribution < -0.4 is 0 Å². The van der Waals surface area contributed by atoms with E-state index in [9.17, 15) is 14.7 Å². The number of hydrogen-bond acceptors (Lipinski definition) is 5. The van der Waals surface area contributed by atoms with Crippen LogP contribution in [0.4, 0.5) is 0 Å². The first kappa shape index (κ1) is 20.0. The Morgan fingerprint density at radius 1 is 1.14 bits per heavy atom. The van der Waals surface area contributed by atoms with E-state index in [-0.39, 0.29) is 24.8 Å². The molecule has 8 nitrogen and oxygen atoms in total. The Morgan fingerprint density at radius 3 is 2.39 bits per heavy atom. The lowest BCUT2D eigenvalue weighted by molar-refractivity contribution is -0.146. The van der Waals surface area contributed by atoms with E-state index < -0.39 is 11.9 Å². The van der Waals surface area contributed by atoms with Crippen molar-refractivity contribution in [2.24, 2.45) is 11.8 Å². The minimum atomic E-state index is -0.837. The molecule has 0 radical (unpaired) electrons. The lowest BCUT2D eigenvalue weighted by atomic mass is 9.90. The highest BCUT2D eigenvalue weighted by Gasteiger charge is 2.32. The van der Waals surface area contributed by atoms with Crippen LogP contribution in [0.2, 0.25) is 0 Å². The molecule has 8 heteroatoms. The summed E-state index contributed by atoms with van der Waals surface area (Å²) in [4.78, 5) is 34.9. The van der Waals surface area contributed by atoms with Crippen LogP contribution in [0.15, 0.2) is 6.07 Å². The summed E-state index contributed by atoms with van der Waals surface area (Å²) in [7, 11) is 0. The summed E-state index contributed by atoms with van der Waals surface area (Å²) in [6.45, 7) is 10.4. The van der Waals surface area contributed by atoms with Crippen molar-refractivity contribution in [3.05, 3.63) is 34.4 Å². The standard InChI is InChI=1S/C20H27N5O3/c1-11-6-16(19(27)28)10-24(9-11)18(26)8-17-14(4)23-25(15(17)5)20-21-12(2)7-13(3)22-20/h7,11,16H,6,8-10H2,1-5H3,(H,27,28). The monoisotopic (exact) mass is 385 g/mol. The molecule has 2 unspecified atom stereocenters. The molecule has 3 heterocycles. The Balaban J connectivity index is 1.84. The number of aliphatic carboxylic acids is 1. The SMILES string of the molecule is Cc1cc(C)nc(-n2nc(C)c(CC(=O)N3CC(C)CC(C(=O)O)C3)c2C)n1. The van der Waals surface area contributed by atoms with Gasteiger partial charge in [-0.25, -0.2) is 14.6 Å². The van der Waals surface area contributed by atoms with Crippen molar-refractivity contribution in [3.63, 3.8) is 0 Å². The van der Waals surface area contributed by atoms with Gasteiger partial charge in [0.15, 0.2) is 0 Å². The number of amides is 1.